The summed E-state index contributed by atoms with van der Waals surface area (Å²) in [7, 11) is 2.00. The number of thiophene rings is 1. The molecule has 4 rings (SSSR count). The summed E-state index contributed by atoms with van der Waals surface area (Å²) in [5.41, 5.74) is 0. The Morgan fingerprint density at radius 2 is 1.96 bits per heavy atom. The number of imidazole rings is 1. The summed E-state index contributed by atoms with van der Waals surface area (Å²) in [6.45, 7) is 3.11. The first kappa shape index (κ1) is 14.3. The number of amides is 1. The molecule has 1 aliphatic heterocycles. The molecule has 0 N–H and O–H groups in total. The second-order valence-corrected chi connectivity index (χ2v) is 6.85. The van der Waals surface area contributed by atoms with E-state index < -0.39 is 0 Å². The van der Waals surface area contributed by atoms with Gasteiger partial charge in [-0.2, -0.15) is 0 Å². The fraction of sp³-hybridized carbons (Fsp3) is 0.294. The van der Waals surface area contributed by atoms with Crippen molar-refractivity contribution in [1.29, 1.82) is 0 Å². The number of aryl methyl sites for hydroxylation is 1. The molecule has 3 aromatic rings. The zero-order chi connectivity index (χ0) is 15.8. The number of nitrogens with zero attached hydrogens (tertiary/aromatic N) is 4. The minimum absolute atomic E-state index is 0.144. The Balaban J connectivity index is 1.47. The molecule has 0 spiro atoms. The van der Waals surface area contributed by atoms with Crippen molar-refractivity contribution in [2.45, 2.75) is 0 Å². The summed E-state index contributed by atoms with van der Waals surface area (Å²) in [4.78, 5) is 22.1. The van der Waals surface area contributed by atoms with Crippen LogP contribution in [0.4, 0.5) is 5.95 Å². The van der Waals surface area contributed by atoms with Gasteiger partial charge >= 0.3 is 0 Å². The van der Waals surface area contributed by atoms with Gasteiger partial charge in [-0.1, -0.05) is 18.2 Å². The first-order chi connectivity index (χ1) is 11.2. The molecule has 1 saturated heterocycles. The molecule has 0 unspecified atom stereocenters. The zero-order valence-electron chi connectivity index (χ0n) is 13.0. The fourth-order valence-corrected chi connectivity index (χ4v) is 4.05. The van der Waals surface area contributed by atoms with Crippen molar-refractivity contribution in [3.8, 4) is 0 Å². The number of rotatable bonds is 2. The van der Waals surface area contributed by atoms with Crippen LogP contribution in [0.25, 0.3) is 10.1 Å². The Bertz CT molecular complexity index is 812. The predicted molar refractivity (Wildman–Crippen MR) is 93.1 cm³/mol. The van der Waals surface area contributed by atoms with Crippen LogP contribution in [-0.4, -0.2) is 46.5 Å². The number of aromatic nitrogens is 2. The first-order valence-electron chi connectivity index (χ1n) is 7.72. The Morgan fingerprint density at radius 3 is 2.65 bits per heavy atom. The van der Waals surface area contributed by atoms with Crippen molar-refractivity contribution in [2.75, 3.05) is 31.1 Å². The third kappa shape index (κ3) is 2.59. The Morgan fingerprint density at radius 1 is 1.17 bits per heavy atom. The highest BCUT2D eigenvalue weighted by molar-refractivity contribution is 7.20. The molecule has 3 heterocycles. The monoisotopic (exact) mass is 326 g/mol. The van der Waals surface area contributed by atoms with Gasteiger partial charge in [-0.25, -0.2) is 4.98 Å². The van der Waals surface area contributed by atoms with Crippen LogP contribution < -0.4 is 4.90 Å². The van der Waals surface area contributed by atoms with Crippen molar-refractivity contribution < 1.29 is 4.79 Å². The van der Waals surface area contributed by atoms with E-state index in [1.54, 1.807) is 11.3 Å². The molecule has 1 amide bonds. The van der Waals surface area contributed by atoms with Gasteiger partial charge in [0.15, 0.2) is 0 Å². The molecule has 1 aliphatic rings. The molecule has 0 atom stereocenters. The van der Waals surface area contributed by atoms with Crippen LogP contribution in [0.2, 0.25) is 0 Å². The largest absolute Gasteiger partial charge is 0.339 e. The predicted octanol–water partition coefficient (Wildman–Crippen LogP) is 2.60. The van der Waals surface area contributed by atoms with E-state index >= 15 is 0 Å². The van der Waals surface area contributed by atoms with Crippen molar-refractivity contribution in [3.05, 3.63) is 47.6 Å². The molecule has 6 heteroatoms. The number of carbonyl (C=O) groups is 1. The van der Waals surface area contributed by atoms with Gasteiger partial charge in [0.2, 0.25) is 5.95 Å². The topological polar surface area (TPSA) is 41.4 Å². The van der Waals surface area contributed by atoms with Crippen LogP contribution in [0.5, 0.6) is 0 Å². The van der Waals surface area contributed by atoms with Crippen LogP contribution in [0.15, 0.2) is 42.7 Å². The quantitative estimate of drug-likeness (QED) is 0.727. The van der Waals surface area contributed by atoms with E-state index in [-0.39, 0.29) is 5.91 Å². The zero-order valence-corrected chi connectivity index (χ0v) is 13.8. The molecule has 5 nitrogen and oxygen atoms in total. The molecule has 2 aromatic heterocycles. The van der Waals surface area contributed by atoms with E-state index in [1.165, 1.54) is 4.70 Å². The molecule has 0 bridgehead atoms. The highest BCUT2D eigenvalue weighted by Gasteiger charge is 2.24. The lowest BCUT2D eigenvalue weighted by molar-refractivity contribution is 0.0751. The highest BCUT2D eigenvalue weighted by Crippen LogP contribution is 2.26. The average molecular weight is 326 g/mol. The Hall–Kier alpha value is -2.34. The number of carbonyl (C=O) groups excluding carboxylic acids is 1. The smallest absolute Gasteiger partial charge is 0.264 e. The third-order valence-corrected chi connectivity index (χ3v) is 5.39. The first-order valence-corrected chi connectivity index (χ1v) is 8.54. The van der Waals surface area contributed by atoms with E-state index in [2.05, 4.69) is 22.0 Å². The maximum absolute atomic E-state index is 12.7. The summed E-state index contributed by atoms with van der Waals surface area (Å²) in [5.74, 6) is 1.12. The van der Waals surface area contributed by atoms with Crippen LogP contribution in [-0.2, 0) is 7.05 Å². The van der Waals surface area contributed by atoms with Gasteiger partial charge in [0, 0.05) is 50.3 Å². The number of hydrogen-bond donors (Lipinski definition) is 0. The lowest BCUT2D eigenvalue weighted by Gasteiger charge is -2.35. The second-order valence-electron chi connectivity index (χ2n) is 5.77. The standard InChI is InChI=1S/C17H18N4OS/c1-19-7-6-18-17(19)21-10-8-20(9-11-21)16(22)15-12-13-4-2-3-5-14(13)23-15/h2-7,12H,8-11H2,1H3. The number of fused-ring (bicyclic) bond motifs is 1. The van der Waals surface area contributed by atoms with Gasteiger partial charge in [0.1, 0.15) is 0 Å². The average Bonchev–Trinajstić information content (AvgIpc) is 3.20. The van der Waals surface area contributed by atoms with Crippen molar-refractivity contribution >= 4 is 33.3 Å². The lowest BCUT2D eigenvalue weighted by Crippen LogP contribution is -2.49. The highest BCUT2D eigenvalue weighted by atomic mass is 32.1. The minimum atomic E-state index is 0.144. The number of benzene rings is 1. The van der Waals surface area contributed by atoms with E-state index in [1.807, 2.05) is 47.1 Å². The van der Waals surface area contributed by atoms with Crippen LogP contribution in [0.3, 0.4) is 0 Å². The van der Waals surface area contributed by atoms with Crippen LogP contribution in [0, 0.1) is 0 Å². The summed E-state index contributed by atoms with van der Waals surface area (Å²) in [6, 6.07) is 10.2. The molecular weight excluding hydrogens is 308 g/mol. The Kier molecular flexibility index (Phi) is 3.53. The molecular formula is C17H18N4OS. The number of hydrogen-bond acceptors (Lipinski definition) is 4. The third-order valence-electron chi connectivity index (χ3n) is 4.28. The molecule has 0 aliphatic carbocycles. The summed E-state index contributed by atoms with van der Waals surface area (Å²) >= 11 is 1.58. The van der Waals surface area contributed by atoms with E-state index in [4.69, 9.17) is 0 Å². The van der Waals surface area contributed by atoms with E-state index in [0.717, 1.165) is 42.4 Å². The summed E-state index contributed by atoms with van der Waals surface area (Å²) < 4.78 is 3.19. The molecule has 1 aromatic carbocycles. The number of anilines is 1. The Labute approximate surface area is 138 Å². The van der Waals surface area contributed by atoms with Gasteiger partial charge in [-0.15, -0.1) is 11.3 Å². The van der Waals surface area contributed by atoms with Gasteiger partial charge in [0.05, 0.1) is 4.88 Å². The van der Waals surface area contributed by atoms with Gasteiger partial charge in [-0.3, -0.25) is 4.79 Å². The maximum Gasteiger partial charge on any atom is 0.264 e. The van der Waals surface area contributed by atoms with E-state index in [9.17, 15) is 4.79 Å². The van der Waals surface area contributed by atoms with Crippen molar-refractivity contribution in [1.82, 2.24) is 14.5 Å². The van der Waals surface area contributed by atoms with Gasteiger partial charge in [0.25, 0.3) is 5.91 Å². The molecule has 23 heavy (non-hydrogen) atoms. The summed E-state index contributed by atoms with van der Waals surface area (Å²) in [6.07, 6.45) is 3.76. The van der Waals surface area contributed by atoms with Crippen LogP contribution in [0.1, 0.15) is 9.67 Å². The second kappa shape index (κ2) is 5.70. The molecule has 0 saturated carbocycles. The SMILES string of the molecule is Cn1ccnc1N1CCN(C(=O)c2cc3ccccc3s2)CC1. The maximum atomic E-state index is 12.7. The lowest BCUT2D eigenvalue weighted by atomic mass is 10.2. The van der Waals surface area contributed by atoms with Crippen molar-refractivity contribution in [3.63, 3.8) is 0 Å². The molecule has 0 radical (unpaired) electrons. The molecule has 118 valence electrons. The van der Waals surface area contributed by atoms with Crippen molar-refractivity contribution in [2.24, 2.45) is 7.05 Å². The fourth-order valence-electron chi connectivity index (χ4n) is 3.02. The van der Waals surface area contributed by atoms with Crippen LogP contribution >= 0.6 is 11.3 Å². The van der Waals surface area contributed by atoms with E-state index in [0.29, 0.717) is 0 Å². The number of piperazine rings is 1. The van der Waals surface area contributed by atoms with Gasteiger partial charge < -0.3 is 14.4 Å². The normalized spacial score (nSPS) is 15.3. The van der Waals surface area contributed by atoms with Gasteiger partial charge in [-0.05, 0) is 17.5 Å². The minimum Gasteiger partial charge on any atom is -0.339 e. The summed E-state index contributed by atoms with van der Waals surface area (Å²) in [5, 5.41) is 1.15. The molecule has 1 fully saturated rings.